The zero-order valence-corrected chi connectivity index (χ0v) is 13.1. The number of hydrogen-bond donors (Lipinski definition) is 1. The number of carbonyl (C=O) groups excluding carboxylic acids is 1. The van der Waals surface area contributed by atoms with Gasteiger partial charge in [-0.15, -0.1) is 0 Å². The molecule has 23 heavy (non-hydrogen) atoms. The summed E-state index contributed by atoms with van der Waals surface area (Å²) in [6.07, 6.45) is 2.80. The summed E-state index contributed by atoms with van der Waals surface area (Å²) < 4.78 is 24.6. The molecule has 0 fully saturated rings. The molecule has 0 bridgehead atoms. The number of amides is 1. The maximum Gasteiger partial charge on any atom is 0.241 e. The SMILES string of the molecule is COc1cc(/C=C\C(N)=O)ccc1OCc1c(F)cccc1Cl. The fourth-order valence-corrected chi connectivity index (χ4v) is 2.12. The van der Waals surface area contributed by atoms with E-state index in [9.17, 15) is 9.18 Å². The maximum absolute atomic E-state index is 13.7. The van der Waals surface area contributed by atoms with Crippen LogP contribution in [0.25, 0.3) is 6.08 Å². The smallest absolute Gasteiger partial charge is 0.241 e. The fourth-order valence-electron chi connectivity index (χ4n) is 1.91. The highest BCUT2D eigenvalue weighted by atomic mass is 35.5. The maximum atomic E-state index is 13.7. The van der Waals surface area contributed by atoms with Crippen LogP contribution in [0.2, 0.25) is 5.02 Å². The van der Waals surface area contributed by atoms with Gasteiger partial charge in [-0.05, 0) is 35.9 Å². The van der Waals surface area contributed by atoms with Gasteiger partial charge in [0.2, 0.25) is 5.91 Å². The van der Waals surface area contributed by atoms with Gasteiger partial charge in [-0.2, -0.15) is 0 Å². The second kappa shape index (κ2) is 7.65. The first-order valence-electron chi connectivity index (χ1n) is 6.72. The predicted octanol–water partition coefficient (Wildman–Crippen LogP) is 3.57. The molecule has 0 radical (unpaired) electrons. The Labute approximate surface area is 138 Å². The third-order valence-electron chi connectivity index (χ3n) is 3.06. The van der Waals surface area contributed by atoms with E-state index in [-0.39, 0.29) is 12.2 Å². The van der Waals surface area contributed by atoms with E-state index in [1.54, 1.807) is 30.3 Å². The molecular formula is C17H15ClFNO3. The summed E-state index contributed by atoms with van der Waals surface area (Å²) in [6.45, 7) is -0.0294. The summed E-state index contributed by atoms with van der Waals surface area (Å²) in [5, 5.41) is 0.296. The minimum Gasteiger partial charge on any atom is -0.493 e. The first-order chi connectivity index (χ1) is 11.0. The van der Waals surface area contributed by atoms with Crippen LogP contribution in [0.3, 0.4) is 0 Å². The number of hydrogen-bond acceptors (Lipinski definition) is 3. The lowest BCUT2D eigenvalue weighted by Crippen LogP contribution is -2.05. The van der Waals surface area contributed by atoms with Gasteiger partial charge in [0.15, 0.2) is 11.5 Å². The van der Waals surface area contributed by atoms with Crippen molar-refractivity contribution < 1.29 is 18.7 Å². The van der Waals surface area contributed by atoms with Crippen LogP contribution in [0, 0.1) is 5.82 Å². The molecule has 4 nitrogen and oxygen atoms in total. The Balaban J connectivity index is 2.18. The lowest BCUT2D eigenvalue weighted by atomic mass is 10.2. The van der Waals surface area contributed by atoms with E-state index in [2.05, 4.69) is 0 Å². The second-order valence-corrected chi connectivity index (χ2v) is 5.04. The van der Waals surface area contributed by atoms with Crippen LogP contribution in [-0.2, 0) is 11.4 Å². The van der Waals surface area contributed by atoms with Crippen molar-refractivity contribution in [3.63, 3.8) is 0 Å². The summed E-state index contributed by atoms with van der Waals surface area (Å²) >= 11 is 5.96. The van der Waals surface area contributed by atoms with Crippen LogP contribution in [0.4, 0.5) is 4.39 Å². The van der Waals surface area contributed by atoms with E-state index in [1.807, 2.05) is 0 Å². The lowest BCUT2D eigenvalue weighted by molar-refractivity contribution is -0.113. The third kappa shape index (κ3) is 4.47. The molecule has 0 saturated carbocycles. The monoisotopic (exact) mass is 335 g/mol. The van der Waals surface area contributed by atoms with Gasteiger partial charge in [0.05, 0.1) is 12.1 Å². The average Bonchev–Trinajstić information content (AvgIpc) is 2.53. The number of primary amides is 1. The summed E-state index contributed by atoms with van der Waals surface area (Å²) in [7, 11) is 1.49. The van der Waals surface area contributed by atoms with E-state index in [0.717, 1.165) is 5.56 Å². The molecule has 120 valence electrons. The predicted molar refractivity (Wildman–Crippen MR) is 87.0 cm³/mol. The molecule has 0 atom stereocenters. The fraction of sp³-hybridized carbons (Fsp3) is 0.118. The molecular weight excluding hydrogens is 321 g/mol. The minimum atomic E-state index is -0.543. The third-order valence-corrected chi connectivity index (χ3v) is 3.42. The van der Waals surface area contributed by atoms with E-state index in [1.165, 1.54) is 25.3 Å². The number of halogens is 2. The lowest BCUT2D eigenvalue weighted by Gasteiger charge is -2.12. The minimum absolute atomic E-state index is 0.0294. The van der Waals surface area contributed by atoms with E-state index >= 15 is 0 Å². The van der Waals surface area contributed by atoms with Crippen molar-refractivity contribution in [2.45, 2.75) is 6.61 Å². The van der Waals surface area contributed by atoms with Crippen molar-refractivity contribution in [3.8, 4) is 11.5 Å². The first-order valence-corrected chi connectivity index (χ1v) is 7.10. The van der Waals surface area contributed by atoms with Crippen LogP contribution in [0.1, 0.15) is 11.1 Å². The highest BCUT2D eigenvalue weighted by molar-refractivity contribution is 6.31. The van der Waals surface area contributed by atoms with Crippen molar-refractivity contribution in [2.75, 3.05) is 7.11 Å². The Kier molecular flexibility index (Phi) is 5.60. The number of nitrogens with two attached hydrogens (primary N) is 1. The highest BCUT2D eigenvalue weighted by Crippen LogP contribution is 2.30. The van der Waals surface area contributed by atoms with E-state index in [4.69, 9.17) is 26.8 Å². The normalized spacial score (nSPS) is 10.7. The van der Waals surface area contributed by atoms with Crippen molar-refractivity contribution in [2.24, 2.45) is 5.73 Å². The molecule has 1 amide bonds. The van der Waals surface area contributed by atoms with Gasteiger partial charge < -0.3 is 15.2 Å². The molecule has 0 spiro atoms. The molecule has 0 aliphatic rings. The van der Waals surface area contributed by atoms with Crippen molar-refractivity contribution in [1.82, 2.24) is 0 Å². The molecule has 2 aromatic carbocycles. The average molecular weight is 336 g/mol. The quantitative estimate of drug-likeness (QED) is 0.821. The summed E-state index contributed by atoms with van der Waals surface area (Å²) in [4.78, 5) is 10.7. The largest absolute Gasteiger partial charge is 0.493 e. The van der Waals surface area contributed by atoms with Gasteiger partial charge in [-0.1, -0.05) is 23.7 Å². The zero-order chi connectivity index (χ0) is 16.8. The molecule has 2 rings (SSSR count). The molecule has 6 heteroatoms. The summed E-state index contributed by atoms with van der Waals surface area (Å²) in [5.41, 5.74) is 6.04. The van der Waals surface area contributed by atoms with Gasteiger partial charge >= 0.3 is 0 Å². The Morgan fingerprint density at radius 3 is 2.74 bits per heavy atom. The van der Waals surface area contributed by atoms with Crippen LogP contribution >= 0.6 is 11.6 Å². The van der Waals surface area contributed by atoms with Gasteiger partial charge in [0.25, 0.3) is 0 Å². The number of ether oxygens (including phenoxy) is 2. The van der Waals surface area contributed by atoms with Crippen LogP contribution < -0.4 is 15.2 Å². The number of methoxy groups -OCH3 is 1. The topological polar surface area (TPSA) is 61.5 Å². The Morgan fingerprint density at radius 2 is 2.09 bits per heavy atom. The van der Waals surface area contributed by atoms with Gasteiger partial charge in [-0.25, -0.2) is 4.39 Å². The standard InChI is InChI=1S/C17H15ClFNO3/c1-22-16-9-11(6-8-17(20)21)5-7-15(16)23-10-12-13(18)3-2-4-14(12)19/h2-9H,10H2,1H3,(H2,20,21)/b8-6-. The number of benzene rings is 2. The van der Waals surface area contributed by atoms with Gasteiger partial charge in [0, 0.05) is 11.6 Å². The number of rotatable bonds is 6. The Bertz CT molecular complexity index is 726. The van der Waals surface area contributed by atoms with Crippen LogP contribution in [0.5, 0.6) is 11.5 Å². The van der Waals surface area contributed by atoms with Crippen LogP contribution in [0.15, 0.2) is 42.5 Å². The highest BCUT2D eigenvalue weighted by Gasteiger charge is 2.10. The molecule has 2 aromatic rings. The second-order valence-electron chi connectivity index (χ2n) is 4.63. The molecule has 0 aromatic heterocycles. The summed E-state index contributed by atoms with van der Waals surface area (Å²) in [6, 6.07) is 9.51. The zero-order valence-electron chi connectivity index (χ0n) is 12.4. The summed E-state index contributed by atoms with van der Waals surface area (Å²) in [5.74, 6) is -0.0944. The van der Waals surface area contributed by atoms with E-state index in [0.29, 0.717) is 16.5 Å². The molecule has 0 heterocycles. The van der Waals surface area contributed by atoms with Gasteiger partial charge in [0.1, 0.15) is 12.4 Å². The van der Waals surface area contributed by atoms with Crippen molar-refractivity contribution >= 4 is 23.6 Å². The van der Waals surface area contributed by atoms with Crippen molar-refractivity contribution in [3.05, 3.63) is 64.4 Å². The van der Waals surface area contributed by atoms with Gasteiger partial charge in [-0.3, -0.25) is 4.79 Å². The van der Waals surface area contributed by atoms with Crippen LogP contribution in [-0.4, -0.2) is 13.0 Å². The Hall–Kier alpha value is -2.53. The van der Waals surface area contributed by atoms with Crippen molar-refractivity contribution in [1.29, 1.82) is 0 Å². The van der Waals surface area contributed by atoms with E-state index < -0.39 is 11.7 Å². The molecule has 0 aliphatic carbocycles. The molecule has 0 saturated heterocycles. The Morgan fingerprint density at radius 1 is 1.30 bits per heavy atom. The number of carbonyl (C=O) groups is 1. The molecule has 0 unspecified atom stereocenters. The first kappa shape index (κ1) is 16.8. The molecule has 2 N–H and O–H groups in total. The molecule has 0 aliphatic heterocycles.